The Morgan fingerprint density at radius 2 is 1.79 bits per heavy atom. The first kappa shape index (κ1) is 14.4. The van der Waals surface area contributed by atoms with Gasteiger partial charge in [0.25, 0.3) is 0 Å². The molecule has 0 amide bonds. The highest BCUT2D eigenvalue weighted by Crippen LogP contribution is 2.33. The lowest BCUT2D eigenvalue weighted by atomic mass is 10.1. The van der Waals surface area contributed by atoms with Crippen molar-refractivity contribution in [3.8, 4) is 0 Å². The maximum atomic E-state index is 12.6. The third-order valence-corrected chi connectivity index (χ3v) is 5.56. The molecule has 1 N–H and O–H groups in total. The number of rotatable bonds is 4. The molecular weight excluding hydrogens is 276 g/mol. The summed E-state index contributed by atoms with van der Waals surface area (Å²) in [6, 6.07) is 9.53. The second kappa shape index (κ2) is 5.99. The van der Waals surface area contributed by atoms with Crippen LogP contribution < -0.4 is 0 Å². The largest absolute Gasteiger partial charge is 0.387 e. The van der Waals surface area contributed by atoms with Gasteiger partial charge in [-0.2, -0.15) is 0 Å². The molecule has 0 saturated heterocycles. The van der Waals surface area contributed by atoms with E-state index in [0.717, 1.165) is 20.2 Å². The van der Waals surface area contributed by atoms with Crippen molar-refractivity contribution in [2.75, 3.05) is 0 Å². The van der Waals surface area contributed by atoms with E-state index >= 15 is 0 Å². The van der Waals surface area contributed by atoms with E-state index in [4.69, 9.17) is 0 Å². The Morgan fingerprint density at radius 3 is 2.37 bits per heavy atom. The minimum absolute atomic E-state index is 0.118. The quantitative estimate of drug-likeness (QED) is 0.928. The molecule has 0 aliphatic carbocycles. The van der Waals surface area contributed by atoms with E-state index in [0.29, 0.717) is 0 Å². The second-order valence-electron chi connectivity index (χ2n) is 4.92. The summed E-state index contributed by atoms with van der Waals surface area (Å²) < 4.78 is 12.6. The highest BCUT2D eigenvalue weighted by molar-refractivity contribution is 7.85. The number of aliphatic hydroxyl groups is 1. The van der Waals surface area contributed by atoms with E-state index in [9.17, 15) is 9.32 Å². The summed E-state index contributed by atoms with van der Waals surface area (Å²) in [6.07, 6.45) is -0.551. The van der Waals surface area contributed by atoms with Crippen LogP contribution in [-0.2, 0) is 10.8 Å². The van der Waals surface area contributed by atoms with Gasteiger partial charge in [0, 0.05) is 9.77 Å². The summed E-state index contributed by atoms with van der Waals surface area (Å²) in [5.74, 6) is 0.118. The number of thiophene rings is 1. The van der Waals surface area contributed by atoms with E-state index in [2.05, 4.69) is 0 Å². The average molecular weight is 294 g/mol. The maximum absolute atomic E-state index is 12.6. The molecule has 4 heteroatoms. The van der Waals surface area contributed by atoms with Crippen molar-refractivity contribution in [1.82, 2.24) is 0 Å². The summed E-state index contributed by atoms with van der Waals surface area (Å²) in [4.78, 5) is 2.32. The average Bonchev–Trinajstić information content (AvgIpc) is 2.86. The van der Waals surface area contributed by atoms with Crippen molar-refractivity contribution in [3.63, 3.8) is 0 Å². The molecule has 0 spiro atoms. The Morgan fingerprint density at radius 1 is 1.16 bits per heavy atom. The summed E-state index contributed by atoms with van der Waals surface area (Å²) in [6.45, 7) is 5.93. The second-order valence-corrected chi connectivity index (χ2v) is 7.32. The fourth-order valence-corrected chi connectivity index (χ4v) is 4.31. The fraction of sp³-hybridized carbons (Fsp3) is 0.333. The molecule has 0 fully saturated rings. The minimum Gasteiger partial charge on any atom is -0.387 e. The van der Waals surface area contributed by atoms with Crippen molar-refractivity contribution in [2.24, 2.45) is 5.92 Å². The van der Waals surface area contributed by atoms with Crippen LogP contribution in [0.5, 0.6) is 0 Å². The Balaban J connectivity index is 2.35. The van der Waals surface area contributed by atoms with Gasteiger partial charge in [0.1, 0.15) is 0 Å². The van der Waals surface area contributed by atoms with Crippen LogP contribution in [0, 0.1) is 12.8 Å². The maximum Gasteiger partial charge on any atom is 0.0917 e. The molecule has 2 rings (SSSR count). The molecule has 0 bridgehead atoms. The summed E-state index contributed by atoms with van der Waals surface area (Å²) >= 11 is 1.47. The number of hydrogen-bond acceptors (Lipinski definition) is 3. The Hall–Kier alpha value is -0.970. The molecule has 102 valence electrons. The van der Waals surface area contributed by atoms with Gasteiger partial charge >= 0.3 is 0 Å². The van der Waals surface area contributed by atoms with Crippen molar-refractivity contribution in [2.45, 2.75) is 36.7 Å². The van der Waals surface area contributed by atoms with E-state index in [1.54, 1.807) is 0 Å². The standard InChI is InChI=1S/C15H18O2S2/c1-10(2)14(16)15-13(8-9-18-15)19(17)12-6-4-11(3)5-7-12/h4-10,14,16H,1-3H3/t14-,19?/m0/s1. The fourth-order valence-electron chi connectivity index (χ4n) is 1.77. The van der Waals surface area contributed by atoms with Crippen LogP contribution >= 0.6 is 11.3 Å². The molecule has 1 aromatic carbocycles. The van der Waals surface area contributed by atoms with Gasteiger partial charge in [0.2, 0.25) is 0 Å². The molecule has 0 aliphatic heterocycles. The van der Waals surface area contributed by atoms with E-state index < -0.39 is 16.9 Å². The molecule has 0 radical (unpaired) electrons. The van der Waals surface area contributed by atoms with E-state index in [1.807, 2.05) is 56.5 Å². The molecule has 1 unspecified atom stereocenters. The monoisotopic (exact) mass is 294 g/mol. The topological polar surface area (TPSA) is 37.3 Å². The Kier molecular flexibility index (Phi) is 4.55. The Bertz CT molecular complexity index is 570. The number of aryl methyl sites for hydroxylation is 1. The van der Waals surface area contributed by atoms with Crippen LogP contribution in [0.4, 0.5) is 0 Å². The van der Waals surface area contributed by atoms with Crippen LogP contribution in [-0.4, -0.2) is 9.32 Å². The lowest BCUT2D eigenvalue weighted by Crippen LogP contribution is -2.06. The van der Waals surface area contributed by atoms with E-state index in [-0.39, 0.29) is 5.92 Å². The lowest BCUT2D eigenvalue weighted by Gasteiger charge is -2.14. The summed E-state index contributed by atoms with van der Waals surface area (Å²) in [7, 11) is -1.22. The van der Waals surface area contributed by atoms with Crippen molar-refractivity contribution in [3.05, 3.63) is 46.2 Å². The van der Waals surface area contributed by atoms with Crippen LogP contribution in [0.3, 0.4) is 0 Å². The molecule has 1 heterocycles. The zero-order chi connectivity index (χ0) is 14.0. The van der Waals surface area contributed by atoms with Gasteiger partial charge in [0.15, 0.2) is 0 Å². The lowest BCUT2D eigenvalue weighted by molar-refractivity contribution is 0.128. The molecule has 0 aliphatic rings. The Labute approximate surface area is 120 Å². The molecule has 2 aromatic rings. The van der Waals surface area contributed by atoms with Crippen LogP contribution in [0.25, 0.3) is 0 Å². The van der Waals surface area contributed by atoms with Gasteiger partial charge in [-0.15, -0.1) is 11.3 Å². The van der Waals surface area contributed by atoms with E-state index in [1.165, 1.54) is 11.3 Å². The van der Waals surface area contributed by atoms with Crippen LogP contribution in [0.15, 0.2) is 45.5 Å². The van der Waals surface area contributed by atoms with Crippen LogP contribution in [0.1, 0.15) is 30.4 Å². The van der Waals surface area contributed by atoms with Crippen LogP contribution in [0.2, 0.25) is 0 Å². The molecule has 19 heavy (non-hydrogen) atoms. The first-order valence-electron chi connectivity index (χ1n) is 6.24. The third-order valence-electron chi connectivity index (χ3n) is 2.99. The van der Waals surface area contributed by atoms with Gasteiger partial charge in [-0.25, -0.2) is 4.21 Å². The highest BCUT2D eigenvalue weighted by atomic mass is 32.2. The number of hydrogen-bond donors (Lipinski definition) is 1. The molecule has 2 nitrogen and oxygen atoms in total. The predicted molar refractivity (Wildman–Crippen MR) is 80.0 cm³/mol. The zero-order valence-electron chi connectivity index (χ0n) is 11.3. The minimum atomic E-state index is -1.22. The molecule has 1 aromatic heterocycles. The van der Waals surface area contributed by atoms with Gasteiger partial charge in [0.05, 0.1) is 21.8 Å². The molecular formula is C15H18O2S2. The molecule has 2 atom stereocenters. The van der Waals surface area contributed by atoms with Gasteiger partial charge in [-0.3, -0.25) is 0 Å². The SMILES string of the molecule is Cc1ccc(S(=O)c2ccsc2[C@@H](O)C(C)C)cc1. The predicted octanol–water partition coefficient (Wildman–Crippen LogP) is 3.91. The highest BCUT2D eigenvalue weighted by Gasteiger charge is 2.21. The first-order chi connectivity index (χ1) is 9.00. The molecule has 0 saturated carbocycles. The normalized spacial score (nSPS) is 14.6. The van der Waals surface area contributed by atoms with Crippen molar-refractivity contribution < 1.29 is 9.32 Å². The van der Waals surface area contributed by atoms with Gasteiger partial charge in [-0.1, -0.05) is 31.5 Å². The van der Waals surface area contributed by atoms with Crippen molar-refractivity contribution >= 4 is 22.1 Å². The van der Waals surface area contributed by atoms with Crippen molar-refractivity contribution in [1.29, 1.82) is 0 Å². The third kappa shape index (κ3) is 3.14. The summed E-state index contributed by atoms with van der Waals surface area (Å²) in [5.41, 5.74) is 1.15. The smallest absolute Gasteiger partial charge is 0.0917 e. The number of benzene rings is 1. The first-order valence-corrected chi connectivity index (χ1v) is 8.27. The number of aliphatic hydroxyl groups excluding tert-OH is 1. The summed E-state index contributed by atoms with van der Waals surface area (Å²) in [5, 5.41) is 12.1. The zero-order valence-corrected chi connectivity index (χ0v) is 12.9. The van der Waals surface area contributed by atoms with Gasteiger partial charge in [-0.05, 0) is 36.4 Å². The van der Waals surface area contributed by atoms with Gasteiger partial charge < -0.3 is 5.11 Å².